The Balaban J connectivity index is 3.64. The first-order chi connectivity index (χ1) is 6.35. The zero-order valence-corrected chi connectivity index (χ0v) is 7.78. The van der Waals surface area contributed by atoms with Crippen LogP contribution in [0.15, 0.2) is 38.0 Å². The molecule has 13 heavy (non-hydrogen) atoms. The van der Waals surface area contributed by atoms with E-state index in [-0.39, 0.29) is 0 Å². The van der Waals surface area contributed by atoms with Gasteiger partial charge in [-0.2, -0.15) is 0 Å². The molecule has 0 N–H and O–H groups in total. The lowest BCUT2D eigenvalue weighted by atomic mass is 10.2. The lowest BCUT2D eigenvalue weighted by molar-refractivity contribution is 0.123. The van der Waals surface area contributed by atoms with Gasteiger partial charge >= 0.3 is 7.32 Å². The molecule has 0 radical (unpaired) electrons. The number of hydrogen-bond acceptors (Lipinski definition) is 3. The molecule has 0 heterocycles. The van der Waals surface area contributed by atoms with E-state index in [0.717, 1.165) is 0 Å². The van der Waals surface area contributed by atoms with Gasteiger partial charge in [0.25, 0.3) is 0 Å². The molecule has 0 atom stereocenters. The molecule has 0 aliphatic carbocycles. The maximum Gasteiger partial charge on any atom is 0.640 e. The molecular weight excluding hydrogens is 167 g/mol. The van der Waals surface area contributed by atoms with Crippen molar-refractivity contribution in [3.8, 4) is 0 Å². The summed E-state index contributed by atoms with van der Waals surface area (Å²) < 4.78 is 15.4. The smallest absolute Gasteiger partial charge is 0.382 e. The standard InChI is InChI=1S/C9H15BO3/c1-4-7-11-10(12-8-5-2)13-9-6-3/h4-6H,1-3,7-9H2. The third kappa shape index (κ3) is 7.52. The van der Waals surface area contributed by atoms with Crippen molar-refractivity contribution in [2.45, 2.75) is 0 Å². The minimum absolute atomic E-state index is 0.388. The van der Waals surface area contributed by atoms with Gasteiger partial charge in [0.05, 0.1) is 19.8 Å². The van der Waals surface area contributed by atoms with Gasteiger partial charge in [-0.3, -0.25) is 0 Å². The molecule has 0 saturated heterocycles. The normalized spacial score (nSPS) is 9.23. The van der Waals surface area contributed by atoms with E-state index in [1.54, 1.807) is 18.2 Å². The maximum absolute atomic E-state index is 5.14. The van der Waals surface area contributed by atoms with Crippen molar-refractivity contribution >= 4 is 7.32 Å². The molecule has 0 rings (SSSR count). The Bertz CT molecular complexity index is 130. The Hall–Kier alpha value is -0.835. The molecule has 0 bridgehead atoms. The summed E-state index contributed by atoms with van der Waals surface area (Å²) in [7, 11) is -0.672. The highest BCUT2D eigenvalue weighted by atomic mass is 16.7. The summed E-state index contributed by atoms with van der Waals surface area (Å²) >= 11 is 0. The Kier molecular flexibility index (Phi) is 8.66. The second kappa shape index (κ2) is 9.25. The Morgan fingerprint density at radius 2 is 1.08 bits per heavy atom. The SMILES string of the molecule is C=CCOB(OCC=C)OCC=C. The summed E-state index contributed by atoms with van der Waals surface area (Å²) in [5.41, 5.74) is 0. The predicted molar refractivity (Wildman–Crippen MR) is 54.2 cm³/mol. The van der Waals surface area contributed by atoms with Crippen LogP contribution in [-0.2, 0) is 14.0 Å². The highest BCUT2D eigenvalue weighted by Crippen LogP contribution is 1.93. The molecule has 0 aromatic heterocycles. The van der Waals surface area contributed by atoms with E-state index >= 15 is 0 Å². The van der Waals surface area contributed by atoms with Gasteiger partial charge in [-0.25, -0.2) is 0 Å². The van der Waals surface area contributed by atoms with Crippen LogP contribution in [0, 0.1) is 0 Å². The molecule has 0 unspecified atom stereocenters. The summed E-state index contributed by atoms with van der Waals surface area (Å²) in [5, 5.41) is 0. The first-order valence-electron chi connectivity index (χ1n) is 4.02. The molecule has 0 saturated carbocycles. The van der Waals surface area contributed by atoms with Gasteiger partial charge < -0.3 is 14.0 Å². The van der Waals surface area contributed by atoms with Crippen LogP contribution in [0.5, 0.6) is 0 Å². The second-order valence-electron chi connectivity index (χ2n) is 2.15. The van der Waals surface area contributed by atoms with E-state index in [9.17, 15) is 0 Å². The van der Waals surface area contributed by atoms with Gasteiger partial charge in [-0.05, 0) is 0 Å². The van der Waals surface area contributed by atoms with Crippen molar-refractivity contribution in [3.05, 3.63) is 38.0 Å². The fourth-order valence-electron chi connectivity index (χ4n) is 0.584. The summed E-state index contributed by atoms with van der Waals surface area (Å²) in [6, 6.07) is 0. The number of hydrogen-bond donors (Lipinski definition) is 0. The molecule has 0 aromatic carbocycles. The highest BCUT2D eigenvalue weighted by molar-refractivity contribution is 6.36. The largest absolute Gasteiger partial charge is 0.640 e. The van der Waals surface area contributed by atoms with E-state index in [2.05, 4.69) is 19.7 Å². The molecule has 0 spiro atoms. The Morgan fingerprint density at radius 1 is 0.769 bits per heavy atom. The van der Waals surface area contributed by atoms with Crippen molar-refractivity contribution in [2.24, 2.45) is 0 Å². The van der Waals surface area contributed by atoms with E-state index in [0.29, 0.717) is 19.8 Å². The van der Waals surface area contributed by atoms with Gasteiger partial charge in [-0.1, -0.05) is 18.2 Å². The van der Waals surface area contributed by atoms with Crippen LogP contribution < -0.4 is 0 Å². The van der Waals surface area contributed by atoms with Crippen molar-refractivity contribution in [1.82, 2.24) is 0 Å². The fraction of sp³-hybridized carbons (Fsp3) is 0.333. The third-order valence-corrected chi connectivity index (χ3v) is 1.05. The first-order valence-corrected chi connectivity index (χ1v) is 4.02. The predicted octanol–water partition coefficient (Wildman–Crippen LogP) is 1.58. The summed E-state index contributed by atoms with van der Waals surface area (Å²) in [4.78, 5) is 0. The fourth-order valence-corrected chi connectivity index (χ4v) is 0.584. The molecule has 0 aliphatic heterocycles. The van der Waals surface area contributed by atoms with Crippen LogP contribution in [0.2, 0.25) is 0 Å². The topological polar surface area (TPSA) is 27.7 Å². The van der Waals surface area contributed by atoms with Crippen LogP contribution in [0.25, 0.3) is 0 Å². The Morgan fingerprint density at radius 3 is 1.31 bits per heavy atom. The van der Waals surface area contributed by atoms with E-state index < -0.39 is 7.32 Å². The average molecular weight is 182 g/mol. The lowest BCUT2D eigenvalue weighted by Crippen LogP contribution is -2.27. The summed E-state index contributed by atoms with van der Waals surface area (Å²) in [6.07, 6.45) is 4.88. The van der Waals surface area contributed by atoms with Gasteiger partial charge in [0.15, 0.2) is 0 Å². The quantitative estimate of drug-likeness (QED) is 0.400. The van der Waals surface area contributed by atoms with Crippen molar-refractivity contribution in [2.75, 3.05) is 19.8 Å². The van der Waals surface area contributed by atoms with Crippen LogP contribution in [0.1, 0.15) is 0 Å². The maximum atomic E-state index is 5.14. The lowest BCUT2D eigenvalue weighted by Gasteiger charge is -2.10. The van der Waals surface area contributed by atoms with Crippen molar-refractivity contribution in [3.63, 3.8) is 0 Å². The molecule has 0 amide bonds. The summed E-state index contributed by atoms with van der Waals surface area (Å²) in [5.74, 6) is 0. The van der Waals surface area contributed by atoms with E-state index in [1.165, 1.54) is 0 Å². The first kappa shape index (κ1) is 12.2. The van der Waals surface area contributed by atoms with Crippen LogP contribution in [0.3, 0.4) is 0 Å². The van der Waals surface area contributed by atoms with E-state index in [1.807, 2.05) is 0 Å². The zero-order valence-electron chi connectivity index (χ0n) is 7.78. The molecule has 0 aliphatic rings. The molecule has 4 heteroatoms. The van der Waals surface area contributed by atoms with Gasteiger partial charge in [-0.15, -0.1) is 19.7 Å². The monoisotopic (exact) mass is 182 g/mol. The highest BCUT2D eigenvalue weighted by Gasteiger charge is 2.18. The van der Waals surface area contributed by atoms with Crippen LogP contribution in [-0.4, -0.2) is 27.1 Å². The molecule has 3 nitrogen and oxygen atoms in total. The van der Waals surface area contributed by atoms with Gasteiger partial charge in [0.2, 0.25) is 0 Å². The average Bonchev–Trinajstić information content (AvgIpc) is 2.17. The minimum atomic E-state index is -0.672. The molecule has 0 aromatic rings. The van der Waals surface area contributed by atoms with Crippen molar-refractivity contribution < 1.29 is 14.0 Å². The zero-order chi connectivity index (χ0) is 9.94. The molecule has 0 fully saturated rings. The van der Waals surface area contributed by atoms with Gasteiger partial charge in [0, 0.05) is 0 Å². The third-order valence-electron chi connectivity index (χ3n) is 1.05. The summed E-state index contributed by atoms with van der Waals surface area (Å²) in [6.45, 7) is 11.7. The molecule has 72 valence electrons. The molecular formula is C9H15BO3. The Labute approximate surface area is 79.9 Å². The van der Waals surface area contributed by atoms with E-state index in [4.69, 9.17) is 14.0 Å². The van der Waals surface area contributed by atoms with Crippen molar-refractivity contribution in [1.29, 1.82) is 0 Å². The van der Waals surface area contributed by atoms with Gasteiger partial charge in [0.1, 0.15) is 0 Å². The van der Waals surface area contributed by atoms with Crippen LogP contribution >= 0.6 is 0 Å². The minimum Gasteiger partial charge on any atom is -0.382 e. The number of rotatable bonds is 9. The van der Waals surface area contributed by atoms with Crippen LogP contribution in [0.4, 0.5) is 0 Å². The second-order valence-corrected chi connectivity index (χ2v) is 2.15.